The van der Waals surface area contributed by atoms with Gasteiger partial charge in [-0.15, -0.1) is 0 Å². The van der Waals surface area contributed by atoms with Gasteiger partial charge in [-0.25, -0.2) is 0 Å². The fraction of sp³-hybridized carbons (Fsp3) is 0.417. The van der Waals surface area contributed by atoms with Gasteiger partial charge in [0.05, 0.1) is 0 Å². The Morgan fingerprint density at radius 2 is 2.31 bits per heavy atom. The van der Waals surface area contributed by atoms with Gasteiger partial charge in [-0.2, -0.15) is 0 Å². The van der Waals surface area contributed by atoms with Crippen LogP contribution in [0.4, 0.5) is 0 Å². The van der Waals surface area contributed by atoms with Gasteiger partial charge in [0, 0.05) is 10.5 Å². The number of hydrogen-bond donors (Lipinski definition) is 1. The molecule has 0 heterocycles. The molecule has 4 heteroatoms. The maximum Gasteiger partial charge on any atom is 0.258 e. The third-order valence-electron chi connectivity index (χ3n) is 2.19. The van der Waals surface area contributed by atoms with Gasteiger partial charge < -0.3 is 10.1 Å². The molecule has 0 aliphatic heterocycles. The minimum atomic E-state index is -0.0886. The zero-order chi connectivity index (χ0) is 12.0. The van der Waals surface area contributed by atoms with Crippen LogP contribution in [-0.2, 0) is 4.79 Å². The second kappa shape index (κ2) is 6.53. The minimum absolute atomic E-state index is 0.0563. The average molecular weight is 286 g/mol. The smallest absolute Gasteiger partial charge is 0.258 e. The lowest BCUT2D eigenvalue weighted by atomic mass is 10.2. The van der Waals surface area contributed by atoms with Gasteiger partial charge in [-0.05, 0) is 31.5 Å². The monoisotopic (exact) mass is 285 g/mol. The van der Waals surface area contributed by atoms with Crippen LogP contribution in [0.15, 0.2) is 28.7 Å². The van der Waals surface area contributed by atoms with E-state index in [0.29, 0.717) is 5.75 Å². The highest BCUT2D eigenvalue weighted by atomic mass is 79.9. The molecule has 3 nitrogen and oxygen atoms in total. The predicted molar refractivity (Wildman–Crippen MR) is 67.5 cm³/mol. The van der Waals surface area contributed by atoms with Crippen LogP contribution in [0, 0.1) is 0 Å². The lowest BCUT2D eigenvalue weighted by Crippen LogP contribution is -2.35. The summed E-state index contributed by atoms with van der Waals surface area (Å²) in [6, 6.07) is 7.62. The Morgan fingerprint density at radius 3 is 2.94 bits per heavy atom. The molecule has 0 spiro atoms. The molecule has 0 saturated heterocycles. The quantitative estimate of drug-likeness (QED) is 0.903. The lowest BCUT2D eigenvalue weighted by molar-refractivity contribution is -0.123. The SMILES string of the molecule is CC[C@@H](C)NC(=O)COc1cccc(Br)c1. The van der Waals surface area contributed by atoms with E-state index in [0.717, 1.165) is 10.9 Å². The van der Waals surface area contributed by atoms with Crippen LogP contribution in [0.3, 0.4) is 0 Å². The summed E-state index contributed by atoms with van der Waals surface area (Å²) in [6.07, 6.45) is 0.919. The summed E-state index contributed by atoms with van der Waals surface area (Å²) in [4.78, 5) is 11.4. The van der Waals surface area contributed by atoms with Crippen molar-refractivity contribution in [2.45, 2.75) is 26.3 Å². The van der Waals surface area contributed by atoms with E-state index in [1.165, 1.54) is 0 Å². The van der Waals surface area contributed by atoms with Gasteiger partial charge in [0.1, 0.15) is 5.75 Å². The normalized spacial score (nSPS) is 11.9. The van der Waals surface area contributed by atoms with Crippen LogP contribution in [0.2, 0.25) is 0 Å². The third-order valence-corrected chi connectivity index (χ3v) is 2.68. The highest BCUT2D eigenvalue weighted by molar-refractivity contribution is 9.10. The molecular weight excluding hydrogens is 270 g/mol. The van der Waals surface area contributed by atoms with Crippen molar-refractivity contribution in [1.29, 1.82) is 0 Å². The number of carbonyl (C=O) groups is 1. The van der Waals surface area contributed by atoms with E-state index in [-0.39, 0.29) is 18.6 Å². The van der Waals surface area contributed by atoms with E-state index < -0.39 is 0 Å². The molecule has 0 saturated carbocycles. The van der Waals surface area contributed by atoms with Gasteiger partial charge in [0.2, 0.25) is 0 Å². The predicted octanol–water partition coefficient (Wildman–Crippen LogP) is 2.74. The standard InChI is InChI=1S/C12H16BrNO2/c1-3-9(2)14-12(15)8-16-11-6-4-5-10(13)7-11/h4-7,9H,3,8H2,1-2H3,(H,14,15)/t9-/m1/s1. The Hall–Kier alpha value is -1.03. The molecule has 0 bridgehead atoms. The topological polar surface area (TPSA) is 38.3 Å². The summed E-state index contributed by atoms with van der Waals surface area (Å²) in [5, 5.41) is 2.84. The van der Waals surface area contributed by atoms with Crippen molar-refractivity contribution in [1.82, 2.24) is 5.32 Å². The number of amides is 1. The van der Waals surface area contributed by atoms with Crippen LogP contribution in [0.1, 0.15) is 20.3 Å². The lowest BCUT2D eigenvalue weighted by Gasteiger charge is -2.12. The van der Waals surface area contributed by atoms with Crippen LogP contribution in [-0.4, -0.2) is 18.6 Å². The number of carbonyl (C=O) groups excluding carboxylic acids is 1. The van der Waals surface area contributed by atoms with Crippen LogP contribution in [0.5, 0.6) is 5.75 Å². The zero-order valence-corrected chi connectivity index (χ0v) is 11.1. The van der Waals surface area contributed by atoms with Crippen molar-refractivity contribution >= 4 is 21.8 Å². The molecule has 16 heavy (non-hydrogen) atoms. The maximum absolute atomic E-state index is 11.4. The first kappa shape index (κ1) is 13.0. The van der Waals surface area contributed by atoms with E-state index in [4.69, 9.17) is 4.74 Å². The van der Waals surface area contributed by atoms with Crippen molar-refractivity contribution in [3.8, 4) is 5.75 Å². The van der Waals surface area contributed by atoms with E-state index in [1.54, 1.807) is 0 Å². The third kappa shape index (κ3) is 4.66. The Bertz CT molecular complexity index is 355. The summed E-state index contributed by atoms with van der Waals surface area (Å²) in [6.45, 7) is 4.05. The number of rotatable bonds is 5. The molecule has 1 aromatic rings. The van der Waals surface area contributed by atoms with Crippen molar-refractivity contribution in [2.24, 2.45) is 0 Å². The molecule has 0 aliphatic carbocycles. The van der Waals surface area contributed by atoms with Gasteiger partial charge in [-0.1, -0.05) is 28.9 Å². The van der Waals surface area contributed by atoms with E-state index in [1.807, 2.05) is 38.1 Å². The van der Waals surface area contributed by atoms with Gasteiger partial charge in [0.15, 0.2) is 6.61 Å². The molecule has 0 fully saturated rings. The minimum Gasteiger partial charge on any atom is -0.484 e. The summed E-state index contributed by atoms with van der Waals surface area (Å²) < 4.78 is 6.29. The Labute approximate surface area is 104 Å². The molecule has 0 aromatic heterocycles. The first-order valence-corrected chi connectivity index (χ1v) is 6.09. The second-order valence-electron chi connectivity index (χ2n) is 3.62. The Kier molecular flexibility index (Phi) is 5.32. The summed E-state index contributed by atoms with van der Waals surface area (Å²) in [5.74, 6) is 0.600. The first-order valence-electron chi connectivity index (χ1n) is 5.29. The number of nitrogens with one attached hydrogen (secondary N) is 1. The Morgan fingerprint density at radius 1 is 1.56 bits per heavy atom. The maximum atomic E-state index is 11.4. The highest BCUT2D eigenvalue weighted by Gasteiger charge is 2.06. The van der Waals surface area contributed by atoms with Crippen LogP contribution < -0.4 is 10.1 Å². The van der Waals surface area contributed by atoms with E-state index >= 15 is 0 Å². The van der Waals surface area contributed by atoms with Crippen molar-refractivity contribution in [3.05, 3.63) is 28.7 Å². The molecule has 0 unspecified atom stereocenters. The van der Waals surface area contributed by atoms with Crippen molar-refractivity contribution in [3.63, 3.8) is 0 Å². The van der Waals surface area contributed by atoms with Gasteiger partial charge in [-0.3, -0.25) is 4.79 Å². The molecule has 1 rings (SSSR count). The summed E-state index contributed by atoms with van der Waals surface area (Å²) >= 11 is 3.34. The van der Waals surface area contributed by atoms with E-state index in [2.05, 4.69) is 21.2 Å². The van der Waals surface area contributed by atoms with Gasteiger partial charge >= 0.3 is 0 Å². The largest absolute Gasteiger partial charge is 0.484 e. The van der Waals surface area contributed by atoms with Crippen LogP contribution in [0.25, 0.3) is 0 Å². The fourth-order valence-corrected chi connectivity index (χ4v) is 1.50. The summed E-state index contributed by atoms with van der Waals surface area (Å²) in [5.41, 5.74) is 0. The molecular formula is C12H16BrNO2. The molecule has 0 aliphatic rings. The average Bonchev–Trinajstić information content (AvgIpc) is 2.26. The number of benzene rings is 1. The summed E-state index contributed by atoms with van der Waals surface area (Å²) in [7, 11) is 0. The van der Waals surface area contributed by atoms with E-state index in [9.17, 15) is 4.79 Å². The molecule has 0 radical (unpaired) electrons. The van der Waals surface area contributed by atoms with Gasteiger partial charge in [0.25, 0.3) is 5.91 Å². The number of halogens is 1. The highest BCUT2D eigenvalue weighted by Crippen LogP contribution is 2.17. The molecule has 1 amide bonds. The second-order valence-corrected chi connectivity index (χ2v) is 4.54. The molecule has 88 valence electrons. The zero-order valence-electron chi connectivity index (χ0n) is 9.50. The fourth-order valence-electron chi connectivity index (χ4n) is 1.12. The van der Waals surface area contributed by atoms with Crippen LogP contribution >= 0.6 is 15.9 Å². The number of ether oxygens (including phenoxy) is 1. The molecule has 1 atom stereocenters. The van der Waals surface area contributed by atoms with Crippen molar-refractivity contribution in [2.75, 3.05) is 6.61 Å². The molecule has 1 aromatic carbocycles. The molecule has 1 N–H and O–H groups in total. The Balaban J connectivity index is 2.37. The first-order chi connectivity index (χ1) is 7.61. The van der Waals surface area contributed by atoms with Crippen molar-refractivity contribution < 1.29 is 9.53 Å². The number of hydrogen-bond acceptors (Lipinski definition) is 2.